The molecule has 7 nitrogen and oxygen atoms in total. The van der Waals surface area contributed by atoms with Crippen LogP contribution in [0.15, 0.2) is 24.7 Å². The SMILES string of the molecule is COC1CCN(c2ncnc3c2CN(c2cc(Cl)nc4[nH]ccc24)C(C)C3)CC1. The van der Waals surface area contributed by atoms with E-state index in [2.05, 4.69) is 37.7 Å². The zero-order chi connectivity index (χ0) is 20.0. The van der Waals surface area contributed by atoms with Crippen molar-refractivity contribution in [3.8, 4) is 0 Å². The van der Waals surface area contributed by atoms with Gasteiger partial charge in [0.2, 0.25) is 0 Å². The van der Waals surface area contributed by atoms with E-state index in [1.165, 1.54) is 5.56 Å². The lowest BCUT2D eigenvalue weighted by Crippen LogP contribution is -2.42. The van der Waals surface area contributed by atoms with Crippen molar-refractivity contribution in [2.75, 3.05) is 30.0 Å². The molecule has 8 heteroatoms. The standard InChI is InChI=1S/C21H25ClN6O/c1-13-9-17-16(21(25-12-24-17)27-7-4-14(29-2)5-8-27)11-28(13)18-10-19(22)26-20-15(18)3-6-23-20/h3,6,10,12-14H,4-5,7-9,11H2,1-2H3,(H,23,26). The molecule has 0 aromatic carbocycles. The lowest BCUT2D eigenvalue weighted by Gasteiger charge is -2.39. The zero-order valence-corrected chi connectivity index (χ0v) is 17.5. The second kappa shape index (κ2) is 7.46. The number of halogens is 1. The molecule has 1 unspecified atom stereocenters. The molecule has 2 aliphatic heterocycles. The molecular formula is C21H25ClN6O. The highest BCUT2D eigenvalue weighted by molar-refractivity contribution is 6.30. The Morgan fingerprint density at radius 1 is 1.24 bits per heavy atom. The number of nitrogens with zero attached hydrogens (tertiary/aromatic N) is 5. The Kier molecular flexibility index (Phi) is 4.80. The number of piperidine rings is 1. The Balaban J connectivity index is 1.51. The van der Waals surface area contributed by atoms with Crippen LogP contribution in [0.3, 0.4) is 0 Å². The lowest BCUT2D eigenvalue weighted by atomic mass is 9.97. The van der Waals surface area contributed by atoms with Crippen LogP contribution in [0.2, 0.25) is 5.15 Å². The van der Waals surface area contributed by atoms with Gasteiger partial charge in [0.1, 0.15) is 22.9 Å². The number of fused-ring (bicyclic) bond motifs is 2. The van der Waals surface area contributed by atoms with Crippen molar-refractivity contribution >= 4 is 34.1 Å². The summed E-state index contributed by atoms with van der Waals surface area (Å²) in [6, 6.07) is 4.34. The smallest absolute Gasteiger partial charge is 0.141 e. The van der Waals surface area contributed by atoms with Gasteiger partial charge in [-0.15, -0.1) is 0 Å². The molecule has 3 aromatic rings. The Morgan fingerprint density at radius 2 is 2.07 bits per heavy atom. The fraction of sp³-hybridized carbons (Fsp3) is 0.476. The van der Waals surface area contributed by atoms with Crippen LogP contribution in [0.5, 0.6) is 0 Å². The van der Waals surface area contributed by atoms with Gasteiger partial charge in [0.05, 0.1) is 17.5 Å². The monoisotopic (exact) mass is 412 g/mol. The van der Waals surface area contributed by atoms with Gasteiger partial charge < -0.3 is 19.5 Å². The molecule has 5 rings (SSSR count). The van der Waals surface area contributed by atoms with Crippen molar-refractivity contribution in [1.82, 2.24) is 19.9 Å². The summed E-state index contributed by atoms with van der Waals surface area (Å²) in [5, 5.41) is 1.59. The number of ether oxygens (including phenoxy) is 1. The first-order chi connectivity index (χ1) is 14.1. The average Bonchev–Trinajstić information content (AvgIpc) is 3.20. The van der Waals surface area contributed by atoms with Crippen LogP contribution < -0.4 is 9.80 Å². The van der Waals surface area contributed by atoms with Crippen LogP contribution in [0, 0.1) is 0 Å². The summed E-state index contributed by atoms with van der Waals surface area (Å²) in [5.74, 6) is 1.06. The van der Waals surface area contributed by atoms with E-state index in [9.17, 15) is 0 Å². The number of aromatic nitrogens is 4. The van der Waals surface area contributed by atoms with Gasteiger partial charge in [0.25, 0.3) is 0 Å². The van der Waals surface area contributed by atoms with Crippen molar-refractivity contribution < 1.29 is 4.74 Å². The number of nitrogens with one attached hydrogen (secondary N) is 1. The molecular weight excluding hydrogens is 388 g/mol. The molecule has 0 amide bonds. The summed E-state index contributed by atoms with van der Waals surface area (Å²) >= 11 is 6.33. The quantitative estimate of drug-likeness (QED) is 0.663. The van der Waals surface area contributed by atoms with Gasteiger partial charge in [-0.3, -0.25) is 0 Å². The van der Waals surface area contributed by atoms with Crippen molar-refractivity contribution in [1.29, 1.82) is 0 Å². The van der Waals surface area contributed by atoms with E-state index in [0.717, 1.165) is 67.1 Å². The van der Waals surface area contributed by atoms with Crippen molar-refractivity contribution in [3.63, 3.8) is 0 Å². The van der Waals surface area contributed by atoms with Crippen LogP contribution in [-0.4, -0.2) is 52.3 Å². The predicted molar refractivity (Wildman–Crippen MR) is 115 cm³/mol. The predicted octanol–water partition coefficient (Wildman–Crippen LogP) is 3.57. The van der Waals surface area contributed by atoms with E-state index in [1.54, 1.807) is 13.4 Å². The number of H-pyrrole nitrogens is 1. The maximum Gasteiger partial charge on any atom is 0.141 e. The maximum atomic E-state index is 6.33. The van der Waals surface area contributed by atoms with Crippen molar-refractivity contribution in [2.45, 2.75) is 44.9 Å². The molecule has 0 aliphatic carbocycles. The second-order valence-electron chi connectivity index (χ2n) is 7.93. The lowest BCUT2D eigenvalue weighted by molar-refractivity contribution is 0.0817. The third-order valence-corrected chi connectivity index (χ3v) is 6.41. The van der Waals surface area contributed by atoms with Gasteiger partial charge in [-0.25, -0.2) is 15.0 Å². The third kappa shape index (κ3) is 3.32. The van der Waals surface area contributed by atoms with E-state index < -0.39 is 0 Å². The first-order valence-corrected chi connectivity index (χ1v) is 10.5. The van der Waals surface area contributed by atoms with Gasteiger partial charge in [0.15, 0.2) is 0 Å². The molecule has 0 spiro atoms. The zero-order valence-electron chi connectivity index (χ0n) is 16.7. The summed E-state index contributed by atoms with van der Waals surface area (Å²) in [7, 11) is 1.80. The number of rotatable bonds is 3. The summed E-state index contributed by atoms with van der Waals surface area (Å²) in [6.45, 7) is 4.92. The van der Waals surface area contributed by atoms with Gasteiger partial charge in [0, 0.05) is 56.4 Å². The fourth-order valence-electron chi connectivity index (χ4n) is 4.62. The molecule has 1 fully saturated rings. The minimum Gasteiger partial charge on any atom is -0.381 e. The number of pyridine rings is 1. The Hall–Kier alpha value is -2.38. The Labute approximate surface area is 175 Å². The van der Waals surface area contributed by atoms with Crippen LogP contribution in [0.4, 0.5) is 11.5 Å². The normalized spacial score (nSPS) is 20.3. The first-order valence-electron chi connectivity index (χ1n) is 10.1. The average molecular weight is 413 g/mol. The van der Waals surface area contributed by atoms with Gasteiger partial charge in [-0.05, 0) is 31.9 Å². The Morgan fingerprint density at radius 3 is 2.86 bits per heavy atom. The van der Waals surface area contributed by atoms with Gasteiger partial charge >= 0.3 is 0 Å². The highest BCUT2D eigenvalue weighted by atomic mass is 35.5. The van der Waals surface area contributed by atoms with Crippen molar-refractivity contribution in [2.24, 2.45) is 0 Å². The number of hydrogen-bond acceptors (Lipinski definition) is 6. The molecule has 2 aliphatic rings. The molecule has 1 saturated heterocycles. The molecule has 0 bridgehead atoms. The van der Waals surface area contributed by atoms with Crippen molar-refractivity contribution in [3.05, 3.63) is 41.1 Å². The Bertz CT molecular complexity index is 1030. The molecule has 29 heavy (non-hydrogen) atoms. The summed E-state index contributed by atoms with van der Waals surface area (Å²) in [4.78, 5) is 21.7. The maximum absolute atomic E-state index is 6.33. The van der Waals surface area contributed by atoms with Crippen LogP contribution >= 0.6 is 11.6 Å². The summed E-state index contributed by atoms with van der Waals surface area (Å²) in [5.41, 5.74) is 4.29. The van der Waals surface area contributed by atoms with Gasteiger partial charge in [-0.2, -0.15) is 0 Å². The summed E-state index contributed by atoms with van der Waals surface area (Å²) in [6.07, 6.45) is 6.91. The molecule has 3 aromatic heterocycles. The molecule has 1 N–H and O–H groups in total. The van der Waals surface area contributed by atoms with Crippen LogP contribution in [0.1, 0.15) is 31.0 Å². The summed E-state index contributed by atoms with van der Waals surface area (Å²) < 4.78 is 5.53. The molecule has 5 heterocycles. The largest absolute Gasteiger partial charge is 0.381 e. The van der Waals surface area contributed by atoms with E-state index >= 15 is 0 Å². The van der Waals surface area contributed by atoms with E-state index in [-0.39, 0.29) is 0 Å². The number of methoxy groups -OCH3 is 1. The van der Waals surface area contributed by atoms with E-state index in [4.69, 9.17) is 21.3 Å². The van der Waals surface area contributed by atoms with Crippen LogP contribution in [0.25, 0.3) is 11.0 Å². The molecule has 1 atom stereocenters. The number of hydrogen-bond donors (Lipinski definition) is 1. The highest BCUT2D eigenvalue weighted by Gasteiger charge is 2.31. The van der Waals surface area contributed by atoms with Crippen LogP contribution in [-0.2, 0) is 17.7 Å². The fourth-order valence-corrected chi connectivity index (χ4v) is 4.81. The van der Waals surface area contributed by atoms with Gasteiger partial charge in [-0.1, -0.05) is 11.6 Å². The minimum absolute atomic E-state index is 0.307. The topological polar surface area (TPSA) is 70.2 Å². The third-order valence-electron chi connectivity index (χ3n) is 6.22. The number of aromatic amines is 1. The highest BCUT2D eigenvalue weighted by Crippen LogP contribution is 2.36. The first kappa shape index (κ1) is 18.6. The minimum atomic E-state index is 0.307. The second-order valence-corrected chi connectivity index (χ2v) is 8.32. The van der Waals surface area contributed by atoms with E-state index in [0.29, 0.717) is 17.3 Å². The molecule has 152 valence electrons. The van der Waals surface area contributed by atoms with E-state index in [1.807, 2.05) is 12.3 Å². The molecule has 0 saturated carbocycles. The molecule has 0 radical (unpaired) electrons. The number of anilines is 2.